The van der Waals surface area contributed by atoms with Crippen LogP contribution >= 0.6 is 23.2 Å². The van der Waals surface area contributed by atoms with Crippen LogP contribution in [0.3, 0.4) is 0 Å². The van der Waals surface area contributed by atoms with Crippen LogP contribution in [0.5, 0.6) is 0 Å². The lowest BCUT2D eigenvalue weighted by molar-refractivity contribution is -0.124. The average Bonchev–Trinajstić information content (AvgIpc) is 1.96. The molecule has 0 atom stereocenters. The second-order valence-corrected chi connectivity index (χ2v) is 3.40. The van der Waals surface area contributed by atoms with Gasteiger partial charge in [0.15, 0.2) is 0 Å². The molecular weight excluding hydrogens is 199 g/mol. The van der Waals surface area contributed by atoms with Gasteiger partial charge in [-0.1, -0.05) is 26.2 Å². The van der Waals surface area contributed by atoms with Crippen LogP contribution in [-0.4, -0.2) is 10.5 Å². The van der Waals surface area contributed by atoms with Crippen LogP contribution in [0.4, 0.5) is 0 Å². The van der Waals surface area contributed by atoms with Crippen molar-refractivity contribution in [3.05, 3.63) is 0 Å². The van der Waals surface area contributed by atoms with E-state index in [-0.39, 0.29) is 0 Å². The number of carbonyl (C=O) groups is 2. The molecule has 0 bridgehead atoms. The SMILES string of the molecule is CCCCCC(C(=O)Cl)C(=O)Cl. The molecule has 0 rings (SSSR count). The van der Waals surface area contributed by atoms with Crippen molar-refractivity contribution >= 4 is 33.7 Å². The lowest BCUT2D eigenvalue weighted by Crippen LogP contribution is -2.15. The van der Waals surface area contributed by atoms with E-state index in [4.69, 9.17) is 23.2 Å². The first kappa shape index (κ1) is 11.9. The Balaban J connectivity index is 3.80. The van der Waals surface area contributed by atoms with Gasteiger partial charge >= 0.3 is 0 Å². The van der Waals surface area contributed by atoms with Gasteiger partial charge in [0.25, 0.3) is 0 Å². The van der Waals surface area contributed by atoms with Gasteiger partial charge in [-0.05, 0) is 29.6 Å². The van der Waals surface area contributed by atoms with E-state index >= 15 is 0 Å². The van der Waals surface area contributed by atoms with Crippen molar-refractivity contribution in [2.45, 2.75) is 32.6 Å². The molecule has 0 fully saturated rings. The average molecular weight is 211 g/mol. The molecule has 0 aromatic rings. The summed E-state index contributed by atoms with van der Waals surface area (Å²) in [4.78, 5) is 21.3. The molecule has 0 heterocycles. The first-order chi connectivity index (χ1) is 5.59. The molecule has 0 aliphatic carbocycles. The summed E-state index contributed by atoms with van der Waals surface area (Å²) in [6.45, 7) is 2.04. The van der Waals surface area contributed by atoms with Crippen LogP contribution < -0.4 is 0 Å². The second kappa shape index (κ2) is 6.44. The van der Waals surface area contributed by atoms with Gasteiger partial charge in [-0.2, -0.15) is 0 Å². The summed E-state index contributed by atoms with van der Waals surface area (Å²) in [5, 5.41) is -1.29. The molecule has 0 aliphatic heterocycles. The lowest BCUT2D eigenvalue weighted by atomic mass is 10.0. The molecule has 0 aromatic carbocycles. The summed E-state index contributed by atoms with van der Waals surface area (Å²) in [5.74, 6) is -0.806. The number of rotatable bonds is 6. The molecule has 0 saturated carbocycles. The zero-order chi connectivity index (χ0) is 9.56. The van der Waals surface area contributed by atoms with Crippen molar-refractivity contribution in [2.75, 3.05) is 0 Å². The highest BCUT2D eigenvalue weighted by Crippen LogP contribution is 2.15. The minimum atomic E-state index is -0.806. The van der Waals surface area contributed by atoms with Crippen molar-refractivity contribution < 1.29 is 9.59 Å². The Morgan fingerprint density at radius 3 is 2.00 bits per heavy atom. The molecule has 0 aliphatic rings. The van der Waals surface area contributed by atoms with E-state index in [1.165, 1.54) is 0 Å². The van der Waals surface area contributed by atoms with Gasteiger partial charge in [-0.3, -0.25) is 9.59 Å². The molecule has 0 N–H and O–H groups in total. The number of carbonyl (C=O) groups excluding carboxylic acids is 2. The van der Waals surface area contributed by atoms with E-state index in [0.717, 1.165) is 19.3 Å². The summed E-state index contributed by atoms with van der Waals surface area (Å²) >= 11 is 10.3. The number of hydrogen-bond donors (Lipinski definition) is 0. The van der Waals surface area contributed by atoms with E-state index in [1.54, 1.807) is 0 Å². The summed E-state index contributed by atoms with van der Waals surface area (Å²) in [6.07, 6.45) is 3.32. The van der Waals surface area contributed by atoms with Crippen molar-refractivity contribution in [2.24, 2.45) is 5.92 Å². The fourth-order valence-electron chi connectivity index (χ4n) is 0.915. The van der Waals surface area contributed by atoms with Crippen LogP contribution in [0.15, 0.2) is 0 Å². The number of unbranched alkanes of at least 4 members (excludes halogenated alkanes) is 2. The van der Waals surface area contributed by atoms with Crippen LogP contribution in [0.2, 0.25) is 0 Å². The quantitative estimate of drug-likeness (QED) is 0.384. The smallest absolute Gasteiger partial charge is 0.233 e. The molecule has 0 amide bonds. The van der Waals surface area contributed by atoms with Crippen LogP contribution in [0.1, 0.15) is 32.6 Å². The van der Waals surface area contributed by atoms with E-state index in [2.05, 4.69) is 0 Å². The Hall–Kier alpha value is -0.0800. The van der Waals surface area contributed by atoms with E-state index in [1.807, 2.05) is 6.92 Å². The fourth-order valence-corrected chi connectivity index (χ4v) is 1.39. The van der Waals surface area contributed by atoms with Gasteiger partial charge < -0.3 is 0 Å². The Morgan fingerprint density at radius 1 is 1.17 bits per heavy atom. The zero-order valence-corrected chi connectivity index (χ0v) is 8.49. The highest BCUT2D eigenvalue weighted by molar-refractivity contribution is 6.73. The molecule has 0 saturated heterocycles. The van der Waals surface area contributed by atoms with Crippen LogP contribution in [-0.2, 0) is 9.59 Å². The predicted octanol–water partition coefficient (Wildman–Crippen LogP) is 2.71. The third-order valence-corrected chi connectivity index (χ3v) is 2.17. The maximum Gasteiger partial charge on any atom is 0.233 e. The molecule has 4 heteroatoms. The van der Waals surface area contributed by atoms with Gasteiger partial charge in [0.1, 0.15) is 5.92 Å². The third-order valence-electron chi connectivity index (χ3n) is 1.64. The number of halogens is 2. The molecular formula is C8H12Cl2O2. The second-order valence-electron chi connectivity index (χ2n) is 2.66. The van der Waals surface area contributed by atoms with Crippen molar-refractivity contribution in [1.82, 2.24) is 0 Å². The van der Waals surface area contributed by atoms with Gasteiger partial charge in [0.05, 0.1) is 0 Å². The van der Waals surface area contributed by atoms with Gasteiger partial charge in [-0.15, -0.1) is 0 Å². The highest BCUT2D eigenvalue weighted by atomic mass is 35.5. The Kier molecular flexibility index (Phi) is 6.39. The molecule has 0 spiro atoms. The Bertz CT molecular complexity index is 154. The summed E-state index contributed by atoms with van der Waals surface area (Å²) in [5.41, 5.74) is 0. The molecule has 2 nitrogen and oxygen atoms in total. The van der Waals surface area contributed by atoms with E-state index < -0.39 is 16.4 Å². The molecule has 70 valence electrons. The third kappa shape index (κ3) is 4.73. The molecule has 12 heavy (non-hydrogen) atoms. The van der Waals surface area contributed by atoms with E-state index in [9.17, 15) is 9.59 Å². The number of hydrogen-bond acceptors (Lipinski definition) is 2. The lowest BCUT2D eigenvalue weighted by Gasteiger charge is -2.05. The monoisotopic (exact) mass is 210 g/mol. The predicted molar refractivity (Wildman–Crippen MR) is 49.4 cm³/mol. The Morgan fingerprint density at radius 2 is 1.67 bits per heavy atom. The molecule has 0 aromatic heterocycles. The highest BCUT2D eigenvalue weighted by Gasteiger charge is 2.22. The summed E-state index contributed by atoms with van der Waals surface area (Å²) < 4.78 is 0. The van der Waals surface area contributed by atoms with Gasteiger partial charge in [0, 0.05) is 0 Å². The van der Waals surface area contributed by atoms with Crippen molar-refractivity contribution in [1.29, 1.82) is 0 Å². The Labute approximate surface area is 82.2 Å². The fraction of sp³-hybridized carbons (Fsp3) is 0.750. The van der Waals surface area contributed by atoms with Gasteiger partial charge in [0.2, 0.25) is 10.5 Å². The summed E-state index contributed by atoms with van der Waals surface area (Å²) in [7, 11) is 0. The van der Waals surface area contributed by atoms with Gasteiger partial charge in [-0.25, -0.2) is 0 Å². The topological polar surface area (TPSA) is 34.1 Å². The zero-order valence-electron chi connectivity index (χ0n) is 6.98. The maximum atomic E-state index is 10.6. The first-order valence-electron chi connectivity index (χ1n) is 3.98. The minimum Gasteiger partial charge on any atom is -0.280 e. The largest absolute Gasteiger partial charge is 0.280 e. The van der Waals surface area contributed by atoms with Crippen LogP contribution in [0, 0.1) is 5.92 Å². The van der Waals surface area contributed by atoms with Crippen molar-refractivity contribution in [3.63, 3.8) is 0 Å². The first-order valence-corrected chi connectivity index (χ1v) is 4.73. The van der Waals surface area contributed by atoms with E-state index in [0.29, 0.717) is 6.42 Å². The van der Waals surface area contributed by atoms with Crippen LogP contribution in [0.25, 0.3) is 0 Å². The van der Waals surface area contributed by atoms with Crippen molar-refractivity contribution in [3.8, 4) is 0 Å². The normalized spacial score (nSPS) is 10.3. The summed E-state index contributed by atoms with van der Waals surface area (Å²) in [6, 6.07) is 0. The maximum absolute atomic E-state index is 10.6. The minimum absolute atomic E-state index is 0.471. The standard InChI is InChI=1S/C8H12Cl2O2/c1-2-3-4-5-6(7(9)11)8(10)12/h6H,2-5H2,1H3. The molecule has 0 radical (unpaired) electrons. The molecule has 0 unspecified atom stereocenters.